The van der Waals surface area contributed by atoms with Crippen molar-refractivity contribution in [3.05, 3.63) is 17.4 Å². The minimum atomic E-state index is -5.24. The largest absolute Gasteiger partial charge is 0.574 e. The van der Waals surface area contributed by atoms with Crippen molar-refractivity contribution in [1.82, 2.24) is 4.98 Å². The highest BCUT2D eigenvalue weighted by Gasteiger charge is 2.35. The molecule has 17 heavy (non-hydrogen) atoms. The highest BCUT2D eigenvalue weighted by atomic mass is 19.4. The molecule has 0 aromatic carbocycles. The molecule has 0 radical (unpaired) electrons. The lowest BCUT2D eigenvalue weighted by Crippen LogP contribution is -2.19. The van der Waals surface area contributed by atoms with Gasteiger partial charge in [0, 0.05) is 6.07 Å². The summed E-state index contributed by atoms with van der Waals surface area (Å²) in [6.45, 7) is 0. The molecule has 0 unspecified atom stereocenters. The van der Waals surface area contributed by atoms with Crippen LogP contribution < -0.4 is 9.47 Å². The second-order valence-electron chi connectivity index (χ2n) is 2.72. The van der Waals surface area contributed by atoms with E-state index in [1.165, 1.54) is 0 Å². The van der Waals surface area contributed by atoms with Gasteiger partial charge in [-0.1, -0.05) is 0 Å². The fraction of sp³-hybridized carbons (Fsp3) is 0.375. The normalized spacial score (nSPS) is 11.8. The molecule has 1 aromatic heterocycles. The number of pyridine rings is 1. The molecule has 0 spiro atoms. The van der Waals surface area contributed by atoms with Crippen molar-refractivity contribution in [3.8, 4) is 11.8 Å². The Balaban J connectivity index is 3.24. The van der Waals surface area contributed by atoms with E-state index in [2.05, 4.69) is 14.5 Å². The van der Waals surface area contributed by atoms with Crippen molar-refractivity contribution in [2.75, 3.05) is 7.11 Å². The molecule has 1 aromatic rings. The topological polar surface area (TPSA) is 31.4 Å². The van der Waals surface area contributed by atoms with Gasteiger partial charge in [0.15, 0.2) is 5.82 Å². The van der Waals surface area contributed by atoms with E-state index < -0.39 is 35.9 Å². The zero-order valence-electron chi connectivity index (χ0n) is 8.19. The summed E-state index contributed by atoms with van der Waals surface area (Å²) >= 11 is 0. The van der Waals surface area contributed by atoms with Gasteiger partial charge in [0.05, 0.1) is 12.7 Å². The van der Waals surface area contributed by atoms with Crippen LogP contribution in [0, 0.1) is 5.82 Å². The van der Waals surface area contributed by atoms with Crippen LogP contribution in [-0.4, -0.2) is 18.5 Å². The van der Waals surface area contributed by atoms with Crippen LogP contribution in [0.2, 0.25) is 0 Å². The SMILES string of the molecule is COc1cc(C(F)F)c(F)c(OC(F)(F)F)n1. The molecule has 0 saturated carbocycles. The Labute approximate surface area is 91.0 Å². The van der Waals surface area contributed by atoms with Gasteiger partial charge in [0.1, 0.15) is 0 Å². The molecule has 0 fully saturated rings. The van der Waals surface area contributed by atoms with Crippen LogP contribution in [0.1, 0.15) is 12.0 Å². The number of methoxy groups -OCH3 is 1. The summed E-state index contributed by atoms with van der Waals surface area (Å²) in [4.78, 5) is 2.95. The quantitative estimate of drug-likeness (QED) is 0.783. The summed E-state index contributed by atoms with van der Waals surface area (Å²) in [5, 5.41) is 0. The van der Waals surface area contributed by atoms with Crippen molar-refractivity contribution in [2.24, 2.45) is 0 Å². The predicted molar refractivity (Wildman–Crippen MR) is 42.4 cm³/mol. The molecule has 0 saturated heterocycles. The number of ether oxygens (including phenoxy) is 2. The fourth-order valence-electron chi connectivity index (χ4n) is 0.942. The number of aromatic nitrogens is 1. The van der Waals surface area contributed by atoms with Crippen LogP contribution in [0.15, 0.2) is 6.07 Å². The first-order valence-corrected chi connectivity index (χ1v) is 4.03. The molecule has 96 valence electrons. The zero-order chi connectivity index (χ0) is 13.2. The number of hydrogen-bond acceptors (Lipinski definition) is 3. The number of nitrogens with zero attached hydrogens (tertiary/aromatic N) is 1. The summed E-state index contributed by atoms with van der Waals surface area (Å²) < 4.78 is 80.8. The van der Waals surface area contributed by atoms with Crippen molar-refractivity contribution in [3.63, 3.8) is 0 Å². The molecule has 0 aliphatic carbocycles. The van der Waals surface area contributed by atoms with E-state index in [0.717, 1.165) is 7.11 Å². The molecule has 3 nitrogen and oxygen atoms in total. The average molecular weight is 261 g/mol. The Morgan fingerprint density at radius 3 is 2.29 bits per heavy atom. The molecular weight excluding hydrogens is 256 g/mol. The zero-order valence-corrected chi connectivity index (χ0v) is 8.19. The first-order valence-electron chi connectivity index (χ1n) is 4.03. The molecule has 1 rings (SSSR count). The van der Waals surface area contributed by atoms with E-state index in [1.54, 1.807) is 0 Å². The monoisotopic (exact) mass is 261 g/mol. The van der Waals surface area contributed by atoms with Crippen molar-refractivity contribution < 1.29 is 35.8 Å². The van der Waals surface area contributed by atoms with Crippen molar-refractivity contribution in [1.29, 1.82) is 0 Å². The first-order chi connectivity index (χ1) is 7.74. The highest BCUT2D eigenvalue weighted by molar-refractivity contribution is 5.31. The lowest BCUT2D eigenvalue weighted by atomic mass is 10.2. The third kappa shape index (κ3) is 3.40. The van der Waals surface area contributed by atoms with Gasteiger partial charge in [0.25, 0.3) is 12.3 Å². The van der Waals surface area contributed by atoms with E-state index in [4.69, 9.17) is 0 Å². The van der Waals surface area contributed by atoms with Crippen LogP contribution in [-0.2, 0) is 0 Å². The molecular formula is C8H5F6NO2. The first kappa shape index (κ1) is 13.4. The van der Waals surface area contributed by atoms with E-state index in [0.29, 0.717) is 6.07 Å². The maximum absolute atomic E-state index is 13.1. The second kappa shape index (κ2) is 4.68. The summed E-state index contributed by atoms with van der Waals surface area (Å²) in [6, 6.07) is 0.489. The lowest BCUT2D eigenvalue weighted by molar-refractivity contribution is -0.277. The maximum atomic E-state index is 13.1. The van der Waals surface area contributed by atoms with Gasteiger partial charge in [0.2, 0.25) is 5.88 Å². The number of alkyl halides is 5. The van der Waals surface area contributed by atoms with E-state index >= 15 is 0 Å². The predicted octanol–water partition coefficient (Wildman–Crippen LogP) is 3.07. The van der Waals surface area contributed by atoms with Crippen LogP contribution >= 0.6 is 0 Å². The van der Waals surface area contributed by atoms with Gasteiger partial charge in [-0.2, -0.15) is 4.98 Å². The summed E-state index contributed by atoms with van der Waals surface area (Å²) in [5.41, 5.74) is -1.28. The van der Waals surface area contributed by atoms with Crippen LogP contribution in [0.25, 0.3) is 0 Å². The number of rotatable bonds is 3. The van der Waals surface area contributed by atoms with Gasteiger partial charge >= 0.3 is 6.36 Å². The Kier molecular flexibility index (Phi) is 3.69. The Hall–Kier alpha value is -1.67. The Morgan fingerprint density at radius 2 is 1.88 bits per heavy atom. The van der Waals surface area contributed by atoms with Gasteiger partial charge in [-0.3, -0.25) is 0 Å². The summed E-state index contributed by atoms with van der Waals surface area (Å²) in [5.74, 6) is -4.09. The van der Waals surface area contributed by atoms with Crippen molar-refractivity contribution >= 4 is 0 Å². The van der Waals surface area contributed by atoms with E-state index in [-0.39, 0.29) is 0 Å². The Bertz CT molecular complexity index is 406. The van der Waals surface area contributed by atoms with E-state index in [1.807, 2.05) is 0 Å². The maximum Gasteiger partial charge on any atom is 0.574 e. The molecule has 0 atom stereocenters. The Morgan fingerprint density at radius 1 is 1.29 bits per heavy atom. The summed E-state index contributed by atoms with van der Waals surface area (Å²) in [6.07, 6.45) is -8.55. The summed E-state index contributed by atoms with van der Waals surface area (Å²) in [7, 11) is 0.979. The van der Waals surface area contributed by atoms with Gasteiger partial charge in [-0.05, 0) is 0 Å². The van der Waals surface area contributed by atoms with E-state index in [9.17, 15) is 26.3 Å². The fourth-order valence-corrected chi connectivity index (χ4v) is 0.942. The third-order valence-corrected chi connectivity index (χ3v) is 1.59. The molecule has 0 N–H and O–H groups in total. The molecule has 0 aliphatic rings. The van der Waals surface area contributed by atoms with Gasteiger partial charge < -0.3 is 9.47 Å². The molecule has 0 bridgehead atoms. The minimum Gasteiger partial charge on any atom is -0.481 e. The average Bonchev–Trinajstić information content (AvgIpc) is 2.18. The third-order valence-electron chi connectivity index (χ3n) is 1.59. The second-order valence-corrected chi connectivity index (χ2v) is 2.72. The van der Waals surface area contributed by atoms with Crippen LogP contribution in [0.4, 0.5) is 26.3 Å². The molecule has 9 heteroatoms. The standard InChI is InChI=1S/C8H5F6NO2/c1-16-4-2-3(6(10)11)5(9)7(15-4)17-8(12,13)14/h2,6H,1H3. The molecule has 1 heterocycles. The van der Waals surface area contributed by atoms with Gasteiger partial charge in [-0.15, -0.1) is 13.2 Å². The molecule has 0 aliphatic heterocycles. The lowest BCUT2D eigenvalue weighted by Gasteiger charge is -2.12. The smallest absolute Gasteiger partial charge is 0.481 e. The number of hydrogen-bond donors (Lipinski definition) is 0. The highest BCUT2D eigenvalue weighted by Crippen LogP contribution is 2.32. The van der Waals surface area contributed by atoms with Gasteiger partial charge in [-0.25, -0.2) is 13.2 Å². The molecule has 0 amide bonds. The minimum absolute atomic E-state index is 0.489. The van der Waals surface area contributed by atoms with Crippen molar-refractivity contribution in [2.45, 2.75) is 12.8 Å². The number of halogens is 6. The van der Waals surface area contributed by atoms with Crippen LogP contribution in [0.3, 0.4) is 0 Å². The van der Waals surface area contributed by atoms with Crippen LogP contribution in [0.5, 0.6) is 11.8 Å².